The van der Waals surface area contributed by atoms with Crippen LogP contribution in [0.3, 0.4) is 0 Å². The molecule has 2 aliphatic rings. The van der Waals surface area contributed by atoms with Gasteiger partial charge < -0.3 is 15.6 Å². The van der Waals surface area contributed by atoms with Crippen molar-refractivity contribution in [2.45, 2.75) is 44.2 Å². The lowest BCUT2D eigenvalue weighted by Crippen LogP contribution is -2.54. The molecule has 8 heteroatoms. The van der Waals surface area contributed by atoms with Gasteiger partial charge in [0.2, 0.25) is 5.95 Å². The third-order valence-electron chi connectivity index (χ3n) is 6.75. The number of nitrogens with zero attached hydrogens (tertiary/aromatic N) is 5. The molecule has 2 bridgehead atoms. The Morgan fingerprint density at radius 2 is 2.03 bits per heavy atom. The Kier molecular flexibility index (Phi) is 5.50. The standard InChI is InChI=1S/C24H27N7O/c25-12-16-4-7-21-20(11-16)17(13-28-21)3-1-2-10-30-14-18-5-6-19(15-30)31(18)24-27-9-8-22(29-24)23(26)32/h4,7-9,11,13,18-19,28H,1-3,5-6,10,14-15H2,(H2,26,32). The molecule has 164 valence electrons. The second kappa shape index (κ2) is 8.60. The van der Waals surface area contributed by atoms with Crippen molar-refractivity contribution in [1.29, 1.82) is 5.26 Å². The number of primary amides is 1. The van der Waals surface area contributed by atoms with Crippen LogP contribution in [0.2, 0.25) is 0 Å². The van der Waals surface area contributed by atoms with Gasteiger partial charge in [-0.2, -0.15) is 5.26 Å². The Bertz CT molecular complexity index is 1170. The van der Waals surface area contributed by atoms with Crippen LogP contribution in [0.5, 0.6) is 0 Å². The summed E-state index contributed by atoms with van der Waals surface area (Å²) in [5.74, 6) is 0.114. The second-order valence-corrected chi connectivity index (χ2v) is 8.80. The third kappa shape index (κ3) is 3.92. The van der Waals surface area contributed by atoms with Gasteiger partial charge in [0.15, 0.2) is 0 Å². The molecule has 0 aliphatic carbocycles. The molecule has 5 rings (SSSR count). The van der Waals surface area contributed by atoms with E-state index in [-0.39, 0.29) is 5.69 Å². The smallest absolute Gasteiger partial charge is 0.267 e. The second-order valence-electron chi connectivity index (χ2n) is 8.80. The molecule has 0 radical (unpaired) electrons. The minimum Gasteiger partial charge on any atom is -0.364 e. The van der Waals surface area contributed by atoms with Crippen molar-refractivity contribution >= 4 is 22.8 Å². The Hall–Kier alpha value is -3.44. The van der Waals surface area contributed by atoms with Crippen molar-refractivity contribution in [3.05, 3.63) is 53.5 Å². The Morgan fingerprint density at radius 1 is 1.22 bits per heavy atom. The zero-order valence-corrected chi connectivity index (χ0v) is 18.0. The molecule has 3 aromatic rings. The number of benzene rings is 1. The average Bonchev–Trinajstić information content (AvgIpc) is 3.34. The number of amides is 1. The fourth-order valence-electron chi connectivity index (χ4n) is 5.22. The number of piperazine rings is 1. The number of nitrogens with two attached hydrogens (primary N) is 1. The molecule has 2 saturated heterocycles. The van der Waals surface area contributed by atoms with Gasteiger partial charge in [0, 0.05) is 48.5 Å². The van der Waals surface area contributed by atoms with Gasteiger partial charge in [-0.3, -0.25) is 9.69 Å². The number of nitrogens with one attached hydrogen (secondary N) is 1. The van der Waals surface area contributed by atoms with E-state index in [2.05, 4.69) is 37.0 Å². The van der Waals surface area contributed by atoms with E-state index in [4.69, 9.17) is 11.0 Å². The Morgan fingerprint density at radius 3 is 2.78 bits per heavy atom. The van der Waals surface area contributed by atoms with Gasteiger partial charge in [-0.1, -0.05) is 0 Å². The van der Waals surface area contributed by atoms with Crippen molar-refractivity contribution in [1.82, 2.24) is 19.9 Å². The number of carbonyl (C=O) groups is 1. The summed E-state index contributed by atoms with van der Waals surface area (Å²) >= 11 is 0. The molecule has 0 spiro atoms. The molecule has 4 heterocycles. The molecule has 3 N–H and O–H groups in total. The van der Waals surface area contributed by atoms with Gasteiger partial charge in [-0.25, -0.2) is 9.97 Å². The lowest BCUT2D eigenvalue weighted by molar-refractivity contribution is 0.0995. The molecule has 2 aliphatic heterocycles. The topological polar surface area (TPSA) is 115 Å². The van der Waals surface area contributed by atoms with Gasteiger partial charge in [0.25, 0.3) is 5.91 Å². The highest BCUT2D eigenvalue weighted by Gasteiger charge is 2.41. The number of aromatic nitrogens is 3. The quantitative estimate of drug-likeness (QED) is 0.558. The first kappa shape index (κ1) is 20.5. The first-order chi connectivity index (χ1) is 15.6. The van der Waals surface area contributed by atoms with Crippen LogP contribution >= 0.6 is 0 Å². The lowest BCUT2D eigenvalue weighted by Gasteiger charge is -2.41. The number of anilines is 1. The number of aryl methyl sites for hydroxylation is 1. The predicted octanol–water partition coefficient (Wildman–Crippen LogP) is 2.60. The number of aromatic amines is 1. The maximum Gasteiger partial charge on any atom is 0.267 e. The summed E-state index contributed by atoms with van der Waals surface area (Å²) in [6.07, 6.45) is 9.21. The van der Waals surface area contributed by atoms with E-state index in [1.807, 2.05) is 18.2 Å². The monoisotopic (exact) mass is 429 g/mol. The van der Waals surface area contributed by atoms with Crippen LogP contribution in [-0.4, -0.2) is 57.5 Å². The summed E-state index contributed by atoms with van der Waals surface area (Å²) in [5.41, 5.74) is 8.75. The minimum atomic E-state index is -0.515. The molecule has 0 saturated carbocycles. The number of hydrogen-bond acceptors (Lipinski definition) is 6. The van der Waals surface area contributed by atoms with Crippen LogP contribution in [0, 0.1) is 11.3 Å². The van der Waals surface area contributed by atoms with Crippen LogP contribution < -0.4 is 10.6 Å². The summed E-state index contributed by atoms with van der Waals surface area (Å²) in [4.78, 5) is 28.5. The minimum absolute atomic E-state index is 0.274. The maximum absolute atomic E-state index is 11.5. The predicted molar refractivity (Wildman–Crippen MR) is 122 cm³/mol. The van der Waals surface area contributed by atoms with Crippen molar-refractivity contribution in [2.24, 2.45) is 5.73 Å². The van der Waals surface area contributed by atoms with E-state index < -0.39 is 5.91 Å². The van der Waals surface area contributed by atoms with Crippen LogP contribution in [0.15, 0.2) is 36.7 Å². The van der Waals surface area contributed by atoms with Crippen molar-refractivity contribution in [3.8, 4) is 6.07 Å². The van der Waals surface area contributed by atoms with Crippen LogP contribution in [0.1, 0.15) is 47.3 Å². The summed E-state index contributed by atoms with van der Waals surface area (Å²) < 4.78 is 0. The first-order valence-electron chi connectivity index (χ1n) is 11.3. The fraction of sp³-hybridized carbons (Fsp3) is 0.417. The Balaban J connectivity index is 1.16. The van der Waals surface area contributed by atoms with Gasteiger partial charge in [0.1, 0.15) is 5.69 Å². The number of hydrogen-bond donors (Lipinski definition) is 2. The largest absolute Gasteiger partial charge is 0.364 e. The van der Waals surface area contributed by atoms with Crippen molar-refractivity contribution in [3.63, 3.8) is 0 Å². The summed E-state index contributed by atoms with van der Waals surface area (Å²) in [7, 11) is 0. The van der Waals surface area contributed by atoms with Gasteiger partial charge in [-0.05, 0) is 68.5 Å². The molecule has 1 amide bonds. The molecule has 8 nitrogen and oxygen atoms in total. The van der Waals surface area contributed by atoms with Crippen LogP contribution in [0.25, 0.3) is 10.9 Å². The number of rotatable bonds is 7. The van der Waals surface area contributed by atoms with Crippen LogP contribution in [0.4, 0.5) is 5.95 Å². The Labute approximate surface area is 187 Å². The lowest BCUT2D eigenvalue weighted by atomic mass is 10.0. The van der Waals surface area contributed by atoms with E-state index >= 15 is 0 Å². The molecular formula is C24H27N7O. The third-order valence-corrected chi connectivity index (χ3v) is 6.75. The number of unbranched alkanes of at least 4 members (excludes halogenated alkanes) is 1. The molecule has 2 unspecified atom stereocenters. The van der Waals surface area contributed by atoms with Crippen molar-refractivity contribution in [2.75, 3.05) is 24.5 Å². The normalized spacial score (nSPS) is 20.5. The summed E-state index contributed by atoms with van der Waals surface area (Å²) in [6.45, 7) is 3.08. The molecule has 2 aromatic heterocycles. The van der Waals surface area contributed by atoms with Crippen molar-refractivity contribution < 1.29 is 4.79 Å². The van der Waals surface area contributed by atoms with E-state index in [1.54, 1.807) is 12.3 Å². The zero-order valence-electron chi connectivity index (χ0n) is 18.0. The van der Waals surface area contributed by atoms with E-state index in [9.17, 15) is 4.79 Å². The fourth-order valence-corrected chi connectivity index (χ4v) is 5.22. The highest BCUT2D eigenvalue weighted by Crippen LogP contribution is 2.33. The molecule has 2 fully saturated rings. The molecule has 1 aromatic carbocycles. The number of likely N-dealkylation sites (tertiary alicyclic amines) is 1. The summed E-state index contributed by atoms with van der Waals surface area (Å²) in [6, 6.07) is 10.4. The highest BCUT2D eigenvalue weighted by molar-refractivity contribution is 5.90. The molecular weight excluding hydrogens is 402 g/mol. The number of nitriles is 1. The molecule has 32 heavy (non-hydrogen) atoms. The highest BCUT2D eigenvalue weighted by atomic mass is 16.1. The number of carbonyl (C=O) groups excluding carboxylic acids is 1. The number of fused-ring (bicyclic) bond motifs is 3. The molecule has 2 atom stereocenters. The van der Waals surface area contributed by atoms with Gasteiger partial charge in [-0.15, -0.1) is 0 Å². The zero-order chi connectivity index (χ0) is 22.1. The summed E-state index contributed by atoms with van der Waals surface area (Å²) in [5, 5.41) is 10.3. The first-order valence-corrected chi connectivity index (χ1v) is 11.3. The van der Waals surface area contributed by atoms with E-state index in [1.165, 1.54) is 5.56 Å². The van der Waals surface area contributed by atoms with E-state index in [0.717, 1.165) is 62.6 Å². The average molecular weight is 430 g/mol. The SMILES string of the molecule is N#Cc1ccc2[nH]cc(CCCCN3CC4CCC(C3)N4c3nccc(C(N)=O)n3)c2c1. The maximum atomic E-state index is 11.5. The van der Waals surface area contributed by atoms with E-state index in [0.29, 0.717) is 23.6 Å². The van der Waals surface area contributed by atoms with Gasteiger partial charge >= 0.3 is 0 Å². The van der Waals surface area contributed by atoms with Gasteiger partial charge in [0.05, 0.1) is 11.6 Å². The van der Waals surface area contributed by atoms with Crippen LogP contribution in [-0.2, 0) is 6.42 Å². The number of H-pyrrole nitrogens is 1.